The van der Waals surface area contributed by atoms with Crippen molar-refractivity contribution in [3.05, 3.63) is 38.1 Å². The molecule has 3 heterocycles. The average molecular weight is 732 g/mol. The maximum Gasteiger partial charge on any atom is 0.318 e. The molecule has 0 aliphatic carbocycles. The monoisotopic (exact) mass is 729 g/mol. The number of carboxylic acid groups (broad SMARTS) is 1. The van der Waals surface area contributed by atoms with Crippen LogP contribution in [0.5, 0.6) is 0 Å². The molecule has 9 nitrogen and oxygen atoms in total. The number of rotatable bonds is 11. The van der Waals surface area contributed by atoms with Gasteiger partial charge in [0.05, 0.1) is 15.6 Å². The molecule has 2 fully saturated rings. The Labute approximate surface area is 264 Å². The highest BCUT2D eigenvalue weighted by Crippen LogP contribution is 2.38. The van der Waals surface area contributed by atoms with E-state index in [-0.39, 0.29) is 9.10 Å². The summed E-state index contributed by atoms with van der Waals surface area (Å²) in [4.78, 5) is 13.1. The number of carboxylic acids is 1. The highest BCUT2D eigenvalue weighted by atomic mass is 79.9. The second-order valence-electron chi connectivity index (χ2n) is 10.7. The molecule has 0 spiro atoms. The Balaban J connectivity index is 1.20. The van der Waals surface area contributed by atoms with Crippen molar-refractivity contribution in [2.45, 2.75) is 54.1 Å². The molecule has 15 heteroatoms. The fourth-order valence-corrected chi connectivity index (χ4v) is 11.0. The Morgan fingerprint density at radius 3 is 2.12 bits per heavy atom. The molecule has 0 bridgehead atoms. The van der Waals surface area contributed by atoms with Gasteiger partial charge < -0.3 is 10.0 Å². The van der Waals surface area contributed by atoms with Crippen LogP contribution in [-0.2, 0) is 24.8 Å². The van der Waals surface area contributed by atoms with E-state index in [2.05, 4.69) is 20.8 Å². The van der Waals surface area contributed by atoms with E-state index in [1.165, 1.54) is 19.2 Å². The summed E-state index contributed by atoms with van der Waals surface area (Å²) >= 11 is 16.9. The summed E-state index contributed by atoms with van der Waals surface area (Å²) in [6, 6.07) is 6.15. The Morgan fingerprint density at radius 2 is 1.61 bits per heavy atom. The largest absolute Gasteiger partial charge is 0.480 e. The summed E-state index contributed by atoms with van der Waals surface area (Å²) in [7, 11) is -6.22. The standard InChI is InChI=1S/C26H34BrCl2N3O6S3/c1-30(17-24(33)34)40(35,36)20-5-6-23(22(28)15-20)31-11-7-18(8-12-31)3-2-4-19-9-13-32(14-10-19)41(37,38)25-16-21(27)26(29)39-25/h5-6,15-16,18-19H,2-4,7-14,17H2,1H3,(H,33,34). The Hall–Kier alpha value is -0.930. The predicted molar refractivity (Wildman–Crippen MR) is 166 cm³/mol. The summed E-state index contributed by atoms with van der Waals surface area (Å²) in [5.74, 6) is -0.0905. The van der Waals surface area contributed by atoms with Crippen molar-refractivity contribution in [3.63, 3.8) is 0 Å². The first-order valence-electron chi connectivity index (χ1n) is 13.5. The van der Waals surface area contributed by atoms with E-state index in [1.54, 1.807) is 16.4 Å². The van der Waals surface area contributed by atoms with Gasteiger partial charge in [0.2, 0.25) is 10.0 Å². The molecular weight excluding hydrogens is 697 g/mol. The second-order valence-corrected chi connectivity index (χ2v) is 17.8. The minimum atomic E-state index is -3.95. The molecule has 228 valence electrons. The molecule has 0 saturated carbocycles. The molecule has 0 atom stereocenters. The second kappa shape index (κ2) is 13.8. The summed E-state index contributed by atoms with van der Waals surface area (Å²) < 4.78 is 54.9. The summed E-state index contributed by atoms with van der Waals surface area (Å²) in [6.07, 6.45) is 7.13. The lowest BCUT2D eigenvalue weighted by atomic mass is 9.87. The van der Waals surface area contributed by atoms with Crippen LogP contribution in [0.1, 0.15) is 44.9 Å². The fraction of sp³-hybridized carbons (Fsp3) is 0.577. The van der Waals surface area contributed by atoms with Crippen molar-refractivity contribution >= 4 is 82.2 Å². The molecule has 0 radical (unpaired) electrons. The number of sulfonamides is 2. The van der Waals surface area contributed by atoms with E-state index in [4.69, 9.17) is 28.3 Å². The van der Waals surface area contributed by atoms with Gasteiger partial charge in [-0.25, -0.2) is 16.8 Å². The number of piperidine rings is 2. The maximum absolute atomic E-state index is 12.9. The quantitative estimate of drug-likeness (QED) is 0.301. The zero-order valence-corrected chi connectivity index (χ0v) is 28.2. The predicted octanol–water partition coefficient (Wildman–Crippen LogP) is 6.01. The van der Waals surface area contributed by atoms with E-state index in [9.17, 15) is 21.6 Å². The first kappa shape index (κ1) is 33.0. The number of hydrogen-bond donors (Lipinski definition) is 1. The molecule has 4 rings (SSSR count). The Kier molecular flexibility index (Phi) is 11.1. The molecule has 0 amide bonds. The third-order valence-corrected chi connectivity index (χ3v) is 14.9. The van der Waals surface area contributed by atoms with Crippen molar-refractivity contribution in [1.82, 2.24) is 8.61 Å². The number of halogens is 3. The van der Waals surface area contributed by atoms with Crippen LogP contribution in [-0.4, -0.2) is 76.3 Å². The van der Waals surface area contributed by atoms with Crippen LogP contribution in [0.4, 0.5) is 5.69 Å². The highest BCUT2D eigenvalue weighted by Gasteiger charge is 2.31. The third-order valence-electron chi connectivity index (χ3n) is 7.96. The lowest BCUT2D eigenvalue weighted by molar-refractivity contribution is -0.137. The van der Waals surface area contributed by atoms with Gasteiger partial charge >= 0.3 is 5.97 Å². The van der Waals surface area contributed by atoms with Crippen LogP contribution in [0, 0.1) is 11.8 Å². The molecule has 2 aliphatic heterocycles. The molecule has 1 N–H and O–H groups in total. The zero-order chi connectivity index (χ0) is 29.9. The van der Waals surface area contributed by atoms with Crippen LogP contribution in [0.2, 0.25) is 9.36 Å². The number of hydrogen-bond acceptors (Lipinski definition) is 7. The molecule has 0 unspecified atom stereocenters. The number of thiophene rings is 1. The fourth-order valence-electron chi connectivity index (χ4n) is 5.54. The molecule has 2 aliphatic rings. The summed E-state index contributed by atoms with van der Waals surface area (Å²) in [5, 5.41) is 9.25. The minimum absolute atomic E-state index is 0.0303. The van der Waals surface area contributed by atoms with Gasteiger partial charge in [-0.2, -0.15) is 8.61 Å². The van der Waals surface area contributed by atoms with E-state index in [0.717, 1.165) is 79.4 Å². The van der Waals surface area contributed by atoms with Crippen LogP contribution < -0.4 is 4.90 Å². The number of benzene rings is 1. The molecule has 1 aromatic carbocycles. The minimum Gasteiger partial charge on any atom is -0.480 e. The highest BCUT2D eigenvalue weighted by molar-refractivity contribution is 9.10. The van der Waals surface area contributed by atoms with Crippen LogP contribution in [0.25, 0.3) is 0 Å². The van der Waals surface area contributed by atoms with Crippen molar-refractivity contribution in [3.8, 4) is 0 Å². The van der Waals surface area contributed by atoms with E-state index in [1.807, 2.05) is 0 Å². The number of carbonyl (C=O) groups is 1. The Bertz CT molecular complexity index is 1440. The van der Waals surface area contributed by atoms with Gasteiger partial charge in [-0.05, 0) is 77.7 Å². The normalized spacial score (nSPS) is 18.3. The summed E-state index contributed by atoms with van der Waals surface area (Å²) in [6.45, 7) is 2.10. The van der Waals surface area contributed by atoms with E-state index < -0.39 is 32.6 Å². The topological polar surface area (TPSA) is 115 Å². The Morgan fingerprint density at radius 1 is 1.02 bits per heavy atom. The maximum atomic E-state index is 12.9. The van der Waals surface area contributed by atoms with E-state index >= 15 is 0 Å². The summed E-state index contributed by atoms with van der Waals surface area (Å²) in [5.41, 5.74) is 0.781. The first-order chi connectivity index (χ1) is 19.3. The van der Waals surface area contributed by atoms with E-state index in [0.29, 0.717) is 38.8 Å². The van der Waals surface area contributed by atoms with Crippen LogP contribution in [0.3, 0.4) is 0 Å². The van der Waals surface area contributed by atoms with Gasteiger partial charge in [0.25, 0.3) is 10.0 Å². The van der Waals surface area contributed by atoms with Gasteiger partial charge in [0.1, 0.15) is 15.1 Å². The van der Waals surface area contributed by atoms with Crippen molar-refractivity contribution in [2.75, 3.05) is 44.7 Å². The lowest BCUT2D eigenvalue weighted by Crippen LogP contribution is -2.38. The number of likely N-dealkylation sites (N-methyl/N-ethyl adjacent to an activating group) is 1. The first-order valence-corrected chi connectivity index (χ1v) is 18.7. The van der Waals surface area contributed by atoms with Gasteiger partial charge in [0, 0.05) is 37.7 Å². The molecule has 1 aromatic heterocycles. The van der Waals surface area contributed by atoms with Gasteiger partial charge in [-0.3, -0.25) is 4.79 Å². The van der Waals surface area contributed by atoms with Crippen molar-refractivity contribution in [2.24, 2.45) is 11.8 Å². The number of anilines is 1. The van der Waals surface area contributed by atoms with Crippen LogP contribution >= 0.6 is 50.5 Å². The molecule has 41 heavy (non-hydrogen) atoms. The van der Waals surface area contributed by atoms with Gasteiger partial charge in [0.15, 0.2) is 0 Å². The van der Waals surface area contributed by atoms with Crippen LogP contribution in [0.15, 0.2) is 37.8 Å². The smallest absolute Gasteiger partial charge is 0.318 e. The van der Waals surface area contributed by atoms with Crippen molar-refractivity contribution < 1.29 is 26.7 Å². The molecule has 2 aromatic rings. The number of nitrogens with zero attached hydrogens (tertiary/aromatic N) is 3. The lowest BCUT2D eigenvalue weighted by Gasteiger charge is -2.35. The van der Waals surface area contributed by atoms with Gasteiger partial charge in [-0.15, -0.1) is 11.3 Å². The van der Waals surface area contributed by atoms with Gasteiger partial charge in [-0.1, -0.05) is 42.5 Å². The van der Waals surface area contributed by atoms with Crippen molar-refractivity contribution in [1.29, 1.82) is 0 Å². The average Bonchev–Trinajstić information content (AvgIpc) is 3.27. The zero-order valence-electron chi connectivity index (χ0n) is 22.6. The molecular formula is C26H34BrCl2N3O6S3. The number of aliphatic carboxylic acids is 1. The SMILES string of the molecule is CN(CC(=O)O)S(=O)(=O)c1ccc(N2CCC(CCCC3CCN(S(=O)(=O)c4cc(Br)c(Cl)s4)CC3)CC2)c(Cl)c1. The third kappa shape index (κ3) is 7.97. The molecule has 2 saturated heterocycles.